The number of nitrogens with one attached hydrogen (secondary N) is 1. The van der Waals surface area contributed by atoms with Crippen LogP contribution >= 0.6 is 0 Å². The van der Waals surface area contributed by atoms with Crippen molar-refractivity contribution in [3.05, 3.63) is 83.9 Å². The zero-order valence-electron chi connectivity index (χ0n) is 17.5. The molecule has 0 aliphatic carbocycles. The van der Waals surface area contributed by atoms with Gasteiger partial charge in [0.25, 0.3) is 15.9 Å². The highest BCUT2D eigenvalue weighted by molar-refractivity contribution is 7.92. The van der Waals surface area contributed by atoms with Gasteiger partial charge < -0.3 is 14.8 Å². The van der Waals surface area contributed by atoms with Gasteiger partial charge in [-0.3, -0.25) is 9.10 Å². The number of anilines is 1. The predicted molar refractivity (Wildman–Crippen MR) is 119 cm³/mol. The number of sulfonamides is 1. The minimum absolute atomic E-state index is 0.201. The number of methoxy groups -OCH3 is 2. The van der Waals surface area contributed by atoms with Crippen molar-refractivity contribution in [1.82, 2.24) is 5.32 Å². The maximum Gasteiger partial charge on any atom is 0.264 e. The normalized spacial score (nSPS) is 10.9. The Balaban J connectivity index is 1.71. The van der Waals surface area contributed by atoms with E-state index in [4.69, 9.17) is 9.47 Å². The summed E-state index contributed by atoms with van der Waals surface area (Å²) in [6.07, 6.45) is 0. The van der Waals surface area contributed by atoms with E-state index in [2.05, 4.69) is 5.32 Å². The van der Waals surface area contributed by atoms with E-state index in [1.807, 2.05) is 0 Å². The lowest BCUT2D eigenvalue weighted by molar-refractivity contribution is 0.0950. The van der Waals surface area contributed by atoms with Crippen LogP contribution in [0.15, 0.2) is 77.7 Å². The molecule has 0 saturated carbocycles. The van der Waals surface area contributed by atoms with Gasteiger partial charge >= 0.3 is 0 Å². The third-order valence-corrected chi connectivity index (χ3v) is 6.62. The quantitative estimate of drug-likeness (QED) is 0.580. The van der Waals surface area contributed by atoms with E-state index in [0.29, 0.717) is 22.7 Å². The van der Waals surface area contributed by atoms with Gasteiger partial charge in [-0.1, -0.05) is 18.2 Å². The van der Waals surface area contributed by atoms with E-state index < -0.39 is 10.0 Å². The van der Waals surface area contributed by atoms with Gasteiger partial charge in [-0.05, 0) is 54.6 Å². The molecule has 3 rings (SSSR count). The van der Waals surface area contributed by atoms with Gasteiger partial charge in [-0.15, -0.1) is 0 Å². The van der Waals surface area contributed by atoms with Gasteiger partial charge in [0.1, 0.15) is 11.5 Å². The molecule has 1 N–H and O–H groups in total. The van der Waals surface area contributed by atoms with Gasteiger partial charge in [-0.2, -0.15) is 0 Å². The first-order valence-corrected chi connectivity index (χ1v) is 10.9. The van der Waals surface area contributed by atoms with Crippen molar-refractivity contribution < 1.29 is 22.7 Å². The molecular formula is C23H24N2O5S. The van der Waals surface area contributed by atoms with Crippen LogP contribution in [0.2, 0.25) is 0 Å². The fourth-order valence-corrected chi connectivity index (χ4v) is 4.23. The Kier molecular flexibility index (Phi) is 6.81. The summed E-state index contributed by atoms with van der Waals surface area (Å²) in [6, 6.07) is 19.9. The Morgan fingerprint density at radius 3 is 2.23 bits per heavy atom. The van der Waals surface area contributed by atoms with Gasteiger partial charge in [-0.25, -0.2) is 8.42 Å². The summed E-state index contributed by atoms with van der Waals surface area (Å²) in [5.74, 6) is 1.02. The molecule has 7 nitrogen and oxygen atoms in total. The summed E-state index contributed by atoms with van der Waals surface area (Å²) in [7, 11) is 0.931. The lowest BCUT2D eigenvalue weighted by Crippen LogP contribution is -2.27. The molecule has 0 heterocycles. The van der Waals surface area contributed by atoms with Gasteiger partial charge in [0, 0.05) is 24.7 Å². The molecule has 0 radical (unpaired) electrons. The van der Waals surface area contributed by atoms with Crippen LogP contribution in [-0.2, 0) is 16.6 Å². The monoisotopic (exact) mass is 440 g/mol. The largest absolute Gasteiger partial charge is 0.497 e. The van der Waals surface area contributed by atoms with Gasteiger partial charge in [0.2, 0.25) is 0 Å². The van der Waals surface area contributed by atoms with Crippen molar-refractivity contribution in [3.8, 4) is 11.5 Å². The maximum atomic E-state index is 12.7. The fourth-order valence-electron chi connectivity index (χ4n) is 3.01. The Labute approximate surface area is 182 Å². The lowest BCUT2D eigenvalue weighted by Gasteiger charge is -2.19. The third-order valence-electron chi connectivity index (χ3n) is 4.82. The summed E-state index contributed by atoms with van der Waals surface area (Å²) < 4.78 is 37.2. The Bertz CT molecular complexity index is 1150. The second-order valence-electron chi connectivity index (χ2n) is 6.69. The third kappa shape index (κ3) is 4.97. The molecule has 162 valence electrons. The Morgan fingerprint density at radius 1 is 0.935 bits per heavy atom. The average molecular weight is 441 g/mol. The number of carbonyl (C=O) groups excluding carboxylic acids is 1. The zero-order valence-corrected chi connectivity index (χ0v) is 18.3. The summed E-state index contributed by atoms with van der Waals surface area (Å²) >= 11 is 0. The second kappa shape index (κ2) is 9.53. The Morgan fingerprint density at radius 2 is 1.61 bits per heavy atom. The summed E-state index contributed by atoms with van der Waals surface area (Å²) in [4.78, 5) is 12.8. The van der Waals surface area contributed by atoms with E-state index in [1.165, 1.54) is 11.4 Å². The molecule has 0 aliphatic rings. The first-order chi connectivity index (χ1) is 14.9. The summed E-state index contributed by atoms with van der Waals surface area (Å²) in [6.45, 7) is 0.253. The van der Waals surface area contributed by atoms with Crippen LogP contribution in [0, 0.1) is 0 Å². The molecular weight excluding hydrogens is 416 g/mol. The van der Waals surface area contributed by atoms with Crippen LogP contribution in [0.4, 0.5) is 5.69 Å². The molecule has 0 bridgehead atoms. The highest BCUT2D eigenvalue weighted by Crippen LogP contribution is 2.24. The smallest absolute Gasteiger partial charge is 0.264 e. The SMILES string of the molecule is COc1ccc(OC)c(CNC(=O)c2ccc(N(C)S(=O)(=O)c3ccccc3)cc2)c1. The highest BCUT2D eigenvalue weighted by Gasteiger charge is 2.21. The van der Waals surface area contributed by atoms with Crippen molar-refractivity contribution in [2.45, 2.75) is 11.4 Å². The number of benzene rings is 3. The average Bonchev–Trinajstić information content (AvgIpc) is 2.82. The fraction of sp³-hybridized carbons (Fsp3) is 0.174. The summed E-state index contributed by atoms with van der Waals surface area (Å²) in [5, 5.41) is 2.84. The molecule has 0 atom stereocenters. The van der Waals surface area contributed by atoms with Gasteiger partial charge in [0.15, 0.2) is 0 Å². The van der Waals surface area contributed by atoms with E-state index in [9.17, 15) is 13.2 Å². The molecule has 3 aromatic rings. The van der Waals surface area contributed by atoms with E-state index >= 15 is 0 Å². The van der Waals surface area contributed by atoms with E-state index in [-0.39, 0.29) is 17.3 Å². The molecule has 0 saturated heterocycles. The molecule has 0 unspecified atom stereocenters. The maximum absolute atomic E-state index is 12.7. The van der Waals surface area contributed by atoms with Crippen molar-refractivity contribution >= 4 is 21.6 Å². The van der Waals surface area contributed by atoms with Crippen molar-refractivity contribution in [3.63, 3.8) is 0 Å². The van der Waals surface area contributed by atoms with Crippen LogP contribution < -0.4 is 19.1 Å². The number of nitrogens with zero attached hydrogens (tertiary/aromatic N) is 1. The van der Waals surface area contributed by atoms with Crippen LogP contribution in [0.1, 0.15) is 15.9 Å². The highest BCUT2D eigenvalue weighted by atomic mass is 32.2. The van der Waals surface area contributed by atoms with Crippen molar-refractivity contribution in [2.75, 3.05) is 25.6 Å². The molecule has 0 aromatic heterocycles. The summed E-state index contributed by atoms with van der Waals surface area (Å²) in [5.41, 5.74) is 1.64. The molecule has 3 aromatic carbocycles. The molecule has 8 heteroatoms. The number of hydrogen-bond donors (Lipinski definition) is 1. The molecule has 1 amide bonds. The number of rotatable bonds is 8. The number of carbonyl (C=O) groups is 1. The van der Waals surface area contributed by atoms with Crippen LogP contribution in [0.5, 0.6) is 11.5 Å². The topological polar surface area (TPSA) is 84.9 Å². The second-order valence-corrected chi connectivity index (χ2v) is 8.66. The number of ether oxygens (including phenoxy) is 2. The standard InChI is InChI=1S/C23H24N2O5S/c1-25(31(27,28)21-7-5-4-6-8-21)19-11-9-17(10-12-19)23(26)24-16-18-15-20(29-2)13-14-22(18)30-3/h4-15H,16H2,1-3H3,(H,24,26). The number of amides is 1. The van der Waals surface area contributed by atoms with Gasteiger partial charge in [0.05, 0.1) is 24.8 Å². The Hall–Kier alpha value is -3.52. The van der Waals surface area contributed by atoms with Crippen molar-refractivity contribution in [2.24, 2.45) is 0 Å². The first kappa shape index (κ1) is 22.2. The van der Waals surface area contributed by atoms with Crippen molar-refractivity contribution in [1.29, 1.82) is 0 Å². The van der Waals surface area contributed by atoms with Crippen LogP contribution in [0.3, 0.4) is 0 Å². The van der Waals surface area contributed by atoms with E-state index in [1.54, 1.807) is 87.0 Å². The predicted octanol–water partition coefficient (Wildman–Crippen LogP) is 3.46. The van der Waals surface area contributed by atoms with Crippen LogP contribution in [-0.4, -0.2) is 35.6 Å². The minimum Gasteiger partial charge on any atom is -0.497 e. The lowest BCUT2D eigenvalue weighted by atomic mass is 10.1. The minimum atomic E-state index is -3.68. The molecule has 0 spiro atoms. The van der Waals surface area contributed by atoms with Crippen LogP contribution in [0.25, 0.3) is 0 Å². The molecule has 31 heavy (non-hydrogen) atoms. The molecule has 0 fully saturated rings. The first-order valence-electron chi connectivity index (χ1n) is 9.50. The zero-order chi connectivity index (χ0) is 22.4. The number of hydrogen-bond acceptors (Lipinski definition) is 5. The molecule has 0 aliphatic heterocycles. The van der Waals surface area contributed by atoms with E-state index in [0.717, 1.165) is 5.56 Å².